The molecule has 1 spiro atoms. The van der Waals surface area contributed by atoms with E-state index in [1.54, 1.807) is 24.3 Å². The second-order valence-corrected chi connectivity index (χ2v) is 5.71. The summed E-state index contributed by atoms with van der Waals surface area (Å²) < 4.78 is 5.83. The van der Waals surface area contributed by atoms with Crippen LogP contribution in [0.1, 0.15) is 42.5 Å². The fourth-order valence-electron chi connectivity index (χ4n) is 3.38. The van der Waals surface area contributed by atoms with Gasteiger partial charge in [0, 0.05) is 5.56 Å². The lowest BCUT2D eigenvalue weighted by Gasteiger charge is -2.41. The normalized spacial score (nSPS) is 24.2. The van der Waals surface area contributed by atoms with Gasteiger partial charge in [0.05, 0.1) is 6.61 Å². The number of hydrogen-bond donors (Lipinski definition) is 1. The average molecular weight is 289 g/mol. The Morgan fingerprint density at radius 1 is 1.14 bits per heavy atom. The van der Waals surface area contributed by atoms with E-state index in [0.717, 1.165) is 32.1 Å². The minimum absolute atomic E-state index is 0.0773. The molecule has 1 N–H and O–H groups in total. The van der Waals surface area contributed by atoms with Gasteiger partial charge in [0.15, 0.2) is 6.04 Å². The zero-order valence-electron chi connectivity index (χ0n) is 11.8. The summed E-state index contributed by atoms with van der Waals surface area (Å²) in [6, 6.07) is 7.95. The van der Waals surface area contributed by atoms with Gasteiger partial charge in [-0.05, 0) is 37.8 Å². The number of benzene rings is 1. The van der Waals surface area contributed by atoms with Gasteiger partial charge in [-0.25, -0.2) is 4.79 Å². The summed E-state index contributed by atoms with van der Waals surface area (Å²) in [6.07, 6.45) is 4.47. The van der Waals surface area contributed by atoms with Gasteiger partial charge in [-0.3, -0.25) is 9.69 Å². The third-order valence-corrected chi connectivity index (χ3v) is 4.42. The average Bonchev–Trinajstić information content (AvgIpc) is 2.87. The Morgan fingerprint density at radius 2 is 1.81 bits per heavy atom. The first-order valence-electron chi connectivity index (χ1n) is 7.39. The van der Waals surface area contributed by atoms with E-state index in [4.69, 9.17) is 4.74 Å². The van der Waals surface area contributed by atoms with E-state index in [0.29, 0.717) is 5.56 Å². The monoisotopic (exact) mass is 289 g/mol. The number of carbonyl (C=O) groups excluding carboxylic acids is 1. The predicted octanol–water partition coefficient (Wildman–Crippen LogP) is 2.27. The van der Waals surface area contributed by atoms with Crippen LogP contribution in [0, 0.1) is 0 Å². The van der Waals surface area contributed by atoms with Crippen molar-refractivity contribution < 1.29 is 19.4 Å². The highest BCUT2D eigenvalue weighted by Crippen LogP contribution is 2.41. The summed E-state index contributed by atoms with van der Waals surface area (Å²) in [5.41, 5.74) is -0.215. The van der Waals surface area contributed by atoms with E-state index in [1.165, 1.54) is 4.90 Å². The van der Waals surface area contributed by atoms with Crippen LogP contribution in [0.3, 0.4) is 0 Å². The summed E-state index contributed by atoms with van der Waals surface area (Å²) in [4.78, 5) is 25.8. The Labute approximate surface area is 123 Å². The highest BCUT2D eigenvalue weighted by atomic mass is 16.5. The first-order valence-corrected chi connectivity index (χ1v) is 7.39. The lowest BCUT2D eigenvalue weighted by atomic mass is 9.89. The molecule has 1 amide bonds. The van der Waals surface area contributed by atoms with Crippen molar-refractivity contribution >= 4 is 11.9 Å². The van der Waals surface area contributed by atoms with E-state index < -0.39 is 17.7 Å². The molecule has 21 heavy (non-hydrogen) atoms. The summed E-state index contributed by atoms with van der Waals surface area (Å²) >= 11 is 0. The van der Waals surface area contributed by atoms with Crippen molar-refractivity contribution in [1.29, 1.82) is 0 Å². The molecular formula is C16H19NO4. The molecule has 112 valence electrons. The highest BCUT2D eigenvalue weighted by molar-refractivity contribution is 5.97. The van der Waals surface area contributed by atoms with Crippen molar-refractivity contribution in [3.8, 4) is 0 Å². The minimum Gasteiger partial charge on any atom is -0.480 e. The molecular weight excluding hydrogens is 270 g/mol. The molecule has 5 heteroatoms. The molecule has 1 aliphatic carbocycles. The molecule has 1 saturated carbocycles. The number of hydrogen-bond acceptors (Lipinski definition) is 3. The van der Waals surface area contributed by atoms with E-state index >= 15 is 0 Å². The van der Waals surface area contributed by atoms with Gasteiger partial charge in [-0.15, -0.1) is 0 Å². The van der Waals surface area contributed by atoms with Crippen LogP contribution in [0.25, 0.3) is 0 Å². The molecule has 1 aliphatic heterocycles. The first-order chi connectivity index (χ1) is 10.1. The Balaban J connectivity index is 1.96. The topological polar surface area (TPSA) is 66.8 Å². The van der Waals surface area contributed by atoms with Gasteiger partial charge in [-0.1, -0.05) is 24.6 Å². The number of rotatable bonds is 2. The Bertz CT molecular complexity index is 536. The molecule has 1 aromatic rings. The van der Waals surface area contributed by atoms with E-state index in [1.807, 2.05) is 6.07 Å². The largest absolute Gasteiger partial charge is 0.480 e. The zero-order valence-corrected chi connectivity index (χ0v) is 11.8. The van der Waals surface area contributed by atoms with Crippen LogP contribution in [0.2, 0.25) is 0 Å². The van der Waals surface area contributed by atoms with Crippen molar-refractivity contribution in [2.24, 2.45) is 0 Å². The molecule has 1 atom stereocenters. The van der Waals surface area contributed by atoms with Gasteiger partial charge < -0.3 is 9.84 Å². The number of aliphatic carboxylic acids is 1. The van der Waals surface area contributed by atoms with Gasteiger partial charge in [0.1, 0.15) is 5.72 Å². The summed E-state index contributed by atoms with van der Waals surface area (Å²) in [7, 11) is 0. The van der Waals surface area contributed by atoms with Crippen molar-refractivity contribution in [3.05, 3.63) is 35.9 Å². The molecule has 1 saturated heterocycles. The number of nitrogens with zero attached hydrogens (tertiary/aromatic N) is 1. The van der Waals surface area contributed by atoms with Crippen molar-refractivity contribution in [1.82, 2.24) is 4.90 Å². The Morgan fingerprint density at radius 3 is 2.43 bits per heavy atom. The van der Waals surface area contributed by atoms with Crippen molar-refractivity contribution in [2.75, 3.05) is 6.61 Å². The maximum atomic E-state index is 12.8. The SMILES string of the molecule is O=C(O)[C@H]1COC2(CCCCC2)N1C(=O)c1ccccc1. The van der Waals surface area contributed by atoms with Gasteiger partial charge in [-0.2, -0.15) is 0 Å². The molecule has 0 bridgehead atoms. The standard InChI is InChI=1S/C16H19NO4/c18-14(12-7-3-1-4-8-12)17-13(15(19)20)11-21-16(17)9-5-2-6-10-16/h1,3-4,7-8,13H,2,5-6,9-11H2,(H,19,20)/t13-/m1/s1. The maximum absolute atomic E-state index is 12.8. The number of ether oxygens (including phenoxy) is 1. The zero-order chi connectivity index (χ0) is 14.9. The first kappa shape index (κ1) is 14.1. The molecule has 0 unspecified atom stereocenters. The molecule has 3 rings (SSSR count). The minimum atomic E-state index is -0.998. The Hall–Kier alpha value is -1.88. The van der Waals surface area contributed by atoms with Gasteiger partial charge >= 0.3 is 5.97 Å². The van der Waals surface area contributed by atoms with Crippen molar-refractivity contribution in [2.45, 2.75) is 43.9 Å². The summed E-state index contributed by atoms with van der Waals surface area (Å²) in [6.45, 7) is 0.0773. The Kier molecular flexibility index (Phi) is 3.68. The van der Waals surface area contributed by atoms with Crippen LogP contribution >= 0.6 is 0 Å². The lowest BCUT2D eigenvalue weighted by Crippen LogP contribution is -2.54. The summed E-state index contributed by atoms with van der Waals surface area (Å²) in [5, 5.41) is 9.42. The third-order valence-electron chi connectivity index (χ3n) is 4.42. The lowest BCUT2D eigenvalue weighted by molar-refractivity contribution is -0.143. The van der Waals surface area contributed by atoms with E-state index in [2.05, 4.69) is 0 Å². The third kappa shape index (κ3) is 2.42. The van der Waals surface area contributed by atoms with Crippen LogP contribution in [-0.4, -0.2) is 40.3 Å². The second-order valence-electron chi connectivity index (χ2n) is 5.71. The smallest absolute Gasteiger partial charge is 0.328 e. The van der Waals surface area contributed by atoms with Crippen LogP contribution in [-0.2, 0) is 9.53 Å². The van der Waals surface area contributed by atoms with Crippen LogP contribution in [0.4, 0.5) is 0 Å². The fraction of sp³-hybridized carbons (Fsp3) is 0.500. The quantitative estimate of drug-likeness (QED) is 0.907. The molecule has 1 heterocycles. The highest BCUT2D eigenvalue weighted by Gasteiger charge is 2.53. The fourth-order valence-corrected chi connectivity index (χ4v) is 3.38. The van der Waals surface area contributed by atoms with E-state index in [9.17, 15) is 14.7 Å². The number of carbonyl (C=O) groups is 2. The van der Waals surface area contributed by atoms with Crippen LogP contribution < -0.4 is 0 Å². The summed E-state index contributed by atoms with van der Waals surface area (Å²) in [5.74, 6) is -1.25. The van der Waals surface area contributed by atoms with Crippen LogP contribution in [0.15, 0.2) is 30.3 Å². The molecule has 2 aliphatic rings. The maximum Gasteiger partial charge on any atom is 0.328 e. The number of amides is 1. The molecule has 2 fully saturated rings. The van der Waals surface area contributed by atoms with Crippen molar-refractivity contribution in [3.63, 3.8) is 0 Å². The molecule has 5 nitrogen and oxygen atoms in total. The van der Waals surface area contributed by atoms with Crippen LogP contribution in [0.5, 0.6) is 0 Å². The molecule has 0 aromatic heterocycles. The van der Waals surface area contributed by atoms with Gasteiger partial charge in [0.25, 0.3) is 5.91 Å². The predicted molar refractivity (Wildman–Crippen MR) is 75.8 cm³/mol. The molecule has 0 radical (unpaired) electrons. The second kappa shape index (κ2) is 5.48. The van der Waals surface area contributed by atoms with E-state index in [-0.39, 0.29) is 12.5 Å². The number of carboxylic acid groups (broad SMARTS) is 1. The van der Waals surface area contributed by atoms with Gasteiger partial charge in [0.2, 0.25) is 0 Å². The number of carboxylic acids is 1. The molecule has 1 aromatic carbocycles.